The van der Waals surface area contributed by atoms with Gasteiger partial charge in [0.05, 0.1) is 5.57 Å². The molecule has 166 valence electrons. The van der Waals surface area contributed by atoms with E-state index in [0.717, 1.165) is 50.8 Å². The smallest absolute Gasteiger partial charge is 0.278 e. The van der Waals surface area contributed by atoms with Crippen LogP contribution in [0.2, 0.25) is 0 Å². The quantitative estimate of drug-likeness (QED) is 0.742. The fourth-order valence-corrected chi connectivity index (χ4v) is 5.53. The van der Waals surface area contributed by atoms with Gasteiger partial charge in [-0.1, -0.05) is 45.2 Å². The molecule has 2 heterocycles. The molecule has 2 unspecified atom stereocenters. The molecule has 0 bridgehead atoms. The van der Waals surface area contributed by atoms with Gasteiger partial charge in [-0.15, -0.1) is 0 Å². The molecule has 1 aromatic rings. The number of anilines is 1. The Kier molecular flexibility index (Phi) is 6.17. The number of carbonyl (C=O) groups excluding carboxylic acids is 3. The van der Waals surface area contributed by atoms with Crippen molar-refractivity contribution < 1.29 is 14.4 Å². The Labute approximate surface area is 184 Å². The van der Waals surface area contributed by atoms with Crippen molar-refractivity contribution in [1.29, 1.82) is 0 Å². The minimum absolute atomic E-state index is 0.000426. The van der Waals surface area contributed by atoms with E-state index in [9.17, 15) is 14.4 Å². The number of amides is 3. The maximum Gasteiger partial charge on any atom is 0.278 e. The van der Waals surface area contributed by atoms with Gasteiger partial charge >= 0.3 is 0 Å². The highest BCUT2D eigenvalue weighted by Crippen LogP contribution is 2.38. The van der Waals surface area contributed by atoms with E-state index in [0.29, 0.717) is 28.8 Å². The number of carbonyl (C=O) groups is 3. The van der Waals surface area contributed by atoms with Crippen LogP contribution in [0.5, 0.6) is 0 Å². The zero-order valence-corrected chi connectivity index (χ0v) is 18.8. The summed E-state index contributed by atoms with van der Waals surface area (Å²) in [6.45, 7) is 7.49. The minimum Gasteiger partial charge on any atom is -0.366 e. The number of nitrogens with zero attached hydrogens (tertiary/aromatic N) is 2. The number of hydrogen-bond donors (Lipinski definition) is 1. The van der Waals surface area contributed by atoms with Crippen molar-refractivity contribution in [3.63, 3.8) is 0 Å². The van der Waals surface area contributed by atoms with E-state index in [2.05, 4.69) is 24.1 Å². The third-order valence-corrected chi connectivity index (χ3v) is 6.71. The van der Waals surface area contributed by atoms with Crippen LogP contribution in [0.15, 0.2) is 30.0 Å². The minimum atomic E-state index is -0.162. The summed E-state index contributed by atoms with van der Waals surface area (Å²) in [5.74, 6) is 0.529. The maximum atomic E-state index is 13.7. The Hall–Kier alpha value is -2.63. The molecular formula is C25H33N3O3. The zero-order chi connectivity index (χ0) is 22.1. The first kappa shape index (κ1) is 21.6. The van der Waals surface area contributed by atoms with Gasteiger partial charge in [-0.25, -0.2) is 0 Å². The fraction of sp³-hybridized carbons (Fsp3) is 0.560. The molecule has 2 fully saturated rings. The Bertz CT molecular complexity index is 889. The van der Waals surface area contributed by atoms with E-state index in [1.807, 2.05) is 12.1 Å². The molecule has 4 rings (SSSR count). The zero-order valence-electron chi connectivity index (χ0n) is 18.8. The summed E-state index contributed by atoms with van der Waals surface area (Å²) in [6.07, 6.45) is 6.23. The van der Waals surface area contributed by atoms with Crippen LogP contribution in [0.3, 0.4) is 0 Å². The first-order valence-corrected chi connectivity index (χ1v) is 11.6. The third-order valence-electron chi connectivity index (χ3n) is 6.71. The van der Waals surface area contributed by atoms with E-state index >= 15 is 0 Å². The molecule has 0 radical (unpaired) electrons. The van der Waals surface area contributed by atoms with E-state index in [-0.39, 0.29) is 23.8 Å². The maximum absolute atomic E-state index is 13.7. The number of hydrogen-bond acceptors (Lipinski definition) is 4. The van der Waals surface area contributed by atoms with E-state index in [4.69, 9.17) is 0 Å². The second kappa shape index (κ2) is 8.85. The van der Waals surface area contributed by atoms with Crippen LogP contribution in [0.1, 0.15) is 64.9 Å². The predicted molar refractivity (Wildman–Crippen MR) is 121 cm³/mol. The summed E-state index contributed by atoms with van der Waals surface area (Å²) in [5.41, 5.74) is 2.51. The number of likely N-dealkylation sites (tertiary alicyclic amines) is 1. The third kappa shape index (κ3) is 4.39. The van der Waals surface area contributed by atoms with Crippen molar-refractivity contribution in [2.45, 2.75) is 65.3 Å². The molecule has 0 aromatic heterocycles. The number of benzene rings is 1. The molecule has 1 saturated heterocycles. The van der Waals surface area contributed by atoms with Crippen molar-refractivity contribution in [2.24, 2.45) is 11.8 Å². The van der Waals surface area contributed by atoms with Crippen LogP contribution in [0, 0.1) is 11.8 Å². The summed E-state index contributed by atoms with van der Waals surface area (Å²) in [5, 5.41) is 2.76. The first-order valence-electron chi connectivity index (χ1n) is 11.6. The van der Waals surface area contributed by atoms with Gasteiger partial charge in [-0.2, -0.15) is 0 Å². The van der Waals surface area contributed by atoms with Gasteiger partial charge in [0, 0.05) is 31.7 Å². The fourth-order valence-electron chi connectivity index (χ4n) is 5.53. The van der Waals surface area contributed by atoms with Crippen molar-refractivity contribution in [1.82, 2.24) is 9.80 Å². The van der Waals surface area contributed by atoms with Crippen LogP contribution in [-0.2, 0) is 14.4 Å². The molecule has 31 heavy (non-hydrogen) atoms. The lowest BCUT2D eigenvalue weighted by molar-refractivity contribution is -0.141. The van der Waals surface area contributed by atoms with E-state index in [1.54, 1.807) is 17.0 Å². The van der Waals surface area contributed by atoms with Crippen LogP contribution in [0.25, 0.3) is 5.57 Å². The first-order chi connectivity index (χ1) is 14.8. The van der Waals surface area contributed by atoms with Gasteiger partial charge < -0.3 is 10.2 Å². The SMILES string of the molecule is CC(=O)Nc1ccc(C2=C(N3CC(C)CC(C)C3)C(=O)N(C3CCCCC3)C2=O)cc1. The highest BCUT2D eigenvalue weighted by molar-refractivity contribution is 6.35. The summed E-state index contributed by atoms with van der Waals surface area (Å²) in [4.78, 5) is 42.4. The van der Waals surface area contributed by atoms with Gasteiger partial charge in [0.1, 0.15) is 5.70 Å². The summed E-state index contributed by atoms with van der Waals surface area (Å²) < 4.78 is 0. The molecule has 1 N–H and O–H groups in total. The average Bonchev–Trinajstić information content (AvgIpc) is 2.98. The highest BCUT2D eigenvalue weighted by atomic mass is 16.2. The van der Waals surface area contributed by atoms with Crippen molar-refractivity contribution in [2.75, 3.05) is 18.4 Å². The molecule has 6 nitrogen and oxygen atoms in total. The number of piperidine rings is 1. The molecule has 2 aliphatic heterocycles. The van der Waals surface area contributed by atoms with Gasteiger partial charge in [-0.3, -0.25) is 19.3 Å². The normalized spacial score (nSPS) is 25.4. The van der Waals surface area contributed by atoms with Crippen LogP contribution in [0.4, 0.5) is 5.69 Å². The lowest BCUT2D eigenvalue weighted by Crippen LogP contribution is -2.45. The second-order valence-corrected chi connectivity index (χ2v) is 9.61. The predicted octanol–water partition coefficient (Wildman–Crippen LogP) is 4.04. The number of nitrogens with one attached hydrogen (secondary N) is 1. The van der Waals surface area contributed by atoms with Crippen LogP contribution >= 0.6 is 0 Å². The Morgan fingerprint density at radius 1 is 0.935 bits per heavy atom. The molecule has 6 heteroatoms. The highest BCUT2D eigenvalue weighted by Gasteiger charge is 2.45. The van der Waals surface area contributed by atoms with Crippen molar-refractivity contribution in [3.05, 3.63) is 35.5 Å². The van der Waals surface area contributed by atoms with Crippen molar-refractivity contribution >= 4 is 29.0 Å². The molecule has 3 aliphatic rings. The molecule has 2 atom stereocenters. The van der Waals surface area contributed by atoms with Gasteiger partial charge in [-0.05, 0) is 48.8 Å². The summed E-state index contributed by atoms with van der Waals surface area (Å²) >= 11 is 0. The summed E-state index contributed by atoms with van der Waals surface area (Å²) in [7, 11) is 0. The van der Waals surface area contributed by atoms with E-state index < -0.39 is 0 Å². The Balaban J connectivity index is 1.73. The molecule has 3 amide bonds. The molecule has 1 saturated carbocycles. The lowest BCUT2D eigenvalue weighted by atomic mass is 9.91. The van der Waals surface area contributed by atoms with Crippen LogP contribution in [-0.4, -0.2) is 46.7 Å². The van der Waals surface area contributed by atoms with Crippen molar-refractivity contribution in [3.8, 4) is 0 Å². The van der Waals surface area contributed by atoms with Gasteiger partial charge in [0.25, 0.3) is 11.8 Å². The number of rotatable bonds is 4. The van der Waals surface area contributed by atoms with E-state index in [1.165, 1.54) is 13.3 Å². The molecular weight excluding hydrogens is 390 g/mol. The Morgan fingerprint density at radius 2 is 1.55 bits per heavy atom. The monoisotopic (exact) mass is 423 g/mol. The average molecular weight is 424 g/mol. The largest absolute Gasteiger partial charge is 0.366 e. The number of imide groups is 1. The second-order valence-electron chi connectivity index (χ2n) is 9.61. The standard InChI is InChI=1S/C25H33N3O3/c1-16-13-17(2)15-27(14-16)23-22(19-9-11-20(12-10-19)26-18(3)29)24(30)28(25(23)31)21-7-5-4-6-8-21/h9-12,16-17,21H,4-8,13-15H2,1-3H3,(H,26,29). The van der Waals surface area contributed by atoms with Gasteiger partial charge in [0.2, 0.25) is 5.91 Å². The Morgan fingerprint density at radius 3 is 2.13 bits per heavy atom. The topological polar surface area (TPSA) is 69.7 Å². The van der Waals surface area contributed by atoms with Gasteiger partial charge in [0.15, 0.2) is 0 Å². The molecule has 1 aliphatic carbocycles. The summed E-state index contributed by atoms with van der Waals surface area (Å²) in [6, 6.07) is 7.27. The van der Waals surface area contributed by atoms with Crippen LogP contribution < -0.4 is 5.32 Å². The molecule has 0 spiro atoms. The molecule has 1 aromatic carbocycles. The lowest BCUT2D eigenvalue weighted by Gasteiger charge is -2.37.